The highest BCUT2D eigenvalue weighted by Gasteiger charge is 2.49. The van der Waals surface area contributed by atoms with Crippen LogP contribution in [0.4, 0.5) is 0 Å². The Morgan fingerprint density at radius 3 is 2.24 bits per heavy atom. The van der Waals surface area contributed by atoms with Gasteiger partial charge in [-0.1, -0.05) is 56.0 Å². The van der Waals surface area contributed by atoms with E-state index in [4.69, 9.17) is 0 Å². The maximum Gasteiger partial charge on any atom is 0.237 e. The lowest BCUT2D eigenvalue weighted by atomic mass is 9.63. The molecule has 0 bridgehead atoms. The maximum absolute atomic E-state index is 12.8. The predicted molar refractivity (Wildman–Crippen MR) is 81.7 cm³/mol. The fourth-order valence-corrected chi connectivity index (χ4v) is 4.13. The van der Waals surface area contributed by atoms with Gasteiger partial charge in [0.05, 0.1) is 5.41 Å². The van der Waals surface area contributed by atoms with E-state index in [1.165, 1.54) is 25.7 Å². The average molecular weight is 285 g/mol. The van der Waals surface area contributed by atoms with Crippen molar-refractivity contribution in [1.29, 1.82) is 0 Å². The van der Waals surface area contributed by atoms with E-state index in [2.05, 4.69) is 17.4 Å². The summed E-state index contributed by atoms with van der Waals surface area (Å²) in [6, 6.07) is 10.1. The molecular weight excluding hydrogens is 262 g/mol. The topological polar surface area (TPSA) is 46.2 Å². The number of carbonyl (C=O) groups excluding carboxylic acids is 2. The Morgan fingerprint density at radius 2 is 1.62 bits per heavy atom. The van der Waals surface area contributed by atoms with Crippen LogP contribution < -0.4 is 5.32 Å². The van der Waals surface area contributed by atoms with E-state index in [1.807, 2.05) is 18.2 Å². The van der Waals surface area contributed by atoms with Crippen LogP contribution in [0.1, 0.15) is 56.9 Å². The minimum atomic E-state index is -0.500. The Kier molecular flexibility index (Phi) is 4.09. The van der Waals surface area contributed by atoms with Gasteiger partial charge in [-0.15, -0.1) is 0 Å². The normalized spacial score (nSPS) is 28.0. The van der Waals surface area contributed by atoms with Crippen molar-refractivity contribution in [2.75, 3.05) is 0 Å². The number of hydrogen-bond acceptors (Lipinski definition) is 2. The molecule has 1 heterocycles. The molecule has 3 nitrogen and oxygen atoms in total. The van der Waals surface area contributed by atoms with Crippen LogP contribution in [0, 0.1) is 5.92 Å². The van der Waals surface area contributed by atoms with Gasteiger partial charge in [-0.05, 0) is 30.7 Å². The maximum atomic E-state index is 12.8. The lowest BCUT2D eigenvalue weighted by Crippen LogP contribution is -2.55. The van der Waals surface area contributed by atoms with Crippen LogP contribution in [0.15, 0.2) is 30.3 Å². The van der Waals surface area contributed by atoms with Crippen LogP contribution in [-0.4, -0.2) is 11.8 Å². The van der Waals surface area contributed by atoms with Crippen molar-refractivity contribution in [3.05, 3.63) is 35.9 Å². The SMILES string of the molecule is O=C1CCC(c2ccccc2)(C2CCCCCC2)C(=O)N1. The lowest BCUT2D eigenvalue weighted by molar-refractivity contribution is -0.140. The second-order valence-corrected chi connectivity index (χ2v) is 6.40. The van der Waals surface area contributed by atoms with Gasteiger partial charge in [-0.2, -0.15) is 0 Å². The Morgan fingerprint density at radius 1 is 0.952 bits per heavy atom. The summed E-state index contributed by atoms with van der Waals surface area (Å²) in [5, 5.41) is 2.61. The molecule has 21 heavy (non-hydrogen) atoms. The zero-order valence-corrected chi connectivity index (χ0v) is 12.4. The molecule has 1 aliphatic carbocycles. The van der Waals surface area contributed by atoms with Gasteiger partial charge in [0.15, 0.2) is 0 Å². The molecule has 3 heteroatoms. The number of amides is 2. The lowest BCUT2D eigenvalue weighted by Gasteiger charge is -2.42. The average Bonchev–Trinajstić information content (AvgIpc) is 2.78. The molecule has 0 spiro atoms. The summed E-state index contributed by atoms with van der Waals surface area (Å²) in [7, 11) is 0. The zero-order chi connectivity index (χ0) is 14.7. The second kappa shape index (κ2) is 6.00. The van der Waals surface area contributed by atoms with E-state index in [0.29, 0.717) is 18.8 Å². The van der Waals surface area contributed by atoms with Gasteiger partial charge in [0.2, 0.25) is 11.8 Å². The van der Waals surface area contributed by atoms with Crippen molar-refractivity contribution in [3.63, 3.8) is 0 Å². The summed E-state index contributed by atoms with van der Waals surface area (Å²) in [6.45, 7) is 0. The molecule has 2 aliphatic rings. The first kappa shape index (κ1) is 14.3. The van der Waals surface area contributed by atoms with Gasteiger partial charge in [-0.3, -0.25) is 14.9 Å². The number of carbonyl (C=O) groups is 2. The number of piperidine rings is 1. The smallest absolute Gasteiger partial charge is 0.237 e. The highest BCUT2D eigenvalue weighted by Crippen LogP contribution is 2.45. The van der Waals surface area contributed by atoms with E-state index in [9.17, 15) is 9.59 Å². The van der Waals surface area contributed by atoms with E-state index in [1.54, 1.807) is 0 Å². The standard InChI is InChI=1S/C18H23NO2/c20-16-12-13-18(17(21)19-16,15-10-6-3-7-11-15)14-8-4-1-2-5-9-14/h3,6-7,10-11,14H,1-2,4-5,8-9,12-13H2,(H,19,20,21). The third-order valence-electron chi connectivity index (χ3n) is 5.25. The summed E-state index contributed by atoms with van der Waals surface area (Å²) in [5.74, 6) is 0.160. The number of imide groups is 1. The Balaban J connectivity index is 2.01. The van der Waals surface area contributed by atoms with Crippen LogP contribution in [0.2, 0.25) is 0 Å². The minimum Gasteiger partial charge on any atom is -0.296 e. The summed E-state index contributed by atoms with van der Waals surface area (Å²) < 4.78 is 0. The van der Waals surface area contributed by atoms with Crippen LogP contribution in [0.3, 0.4) is 0 Å². The second-order valence-electron chi connectivity index (χ2n) is 6.40. The molecule has 0 aromatic heterocycles. The number of nitrogens with one attached hydrogen (secondary N) is 1. The van der Waals surface area contributed by atoms with Crippen LogP contribution in [-0.2, 0) is 15.0 Å². The molecular formula is C18H23NO2. The van der Waals surface area contributed by atoms with Crippen molar-refractivity contribution < 1.29 is 9.59 Å². The fraction of sp³-hybridized carbons (Fsp3) is 0.556. The third kappa shape index (κ3) is 2.61. The first-order valence-electron chi connectivity index (χ1n) is 8.13. The molecule has 1 aromatic carbocycles. The summed E-state index contributed by atoms with van der Waals surface area (Å²) in [6.07, 6.45) is 8.22. The Labute approximate surface area is 126 Å². The van der Waals surface area contributed by atoms with Gasteiger partial charge >= 0.3 is 0 Å². The zero-order valence-electron chi connectivity index (χ0n) is 12.4. The fourth-order valence-electron chi connectivity index (χ4n) is 4.13. The monoisotopic (exact) mass is 285 g/mol. The number of hydrogen-bond donors (Lipinski definition) is 1. The van der Waals surface area contributed by atoms with E-state index < -0.39 is 5.41 Å². The first-order chi connectivity index (χ1) is 10.2. The third-order valence-corrected chi connectivity index (χ3v) is 5.25. The molecule has 2 fully saturated rings. The highest BCUT2D eigenvalue weighted by atomic mass is 16.2. The van der Waals surface area contributed by atoms with Crippen molar-refractivity contribution in [1.82, 2.24) is 5.32 Å². The van der Waals surface area contributed by atoms with Crippen molar-refractivity contribution in [2.24, 2.45) is 5.92 Å². The molecule has 1 N–H and O–H groups in total. The van der Waals surface area contributed by atoms with Crippen molar-refractivity contribution >= 4 is 11.8 Å². The number of benzene rings is 1. The molecule has 1 atom stereocenters. The van der Waals surface area contributed by atoms with Crippen molar-refractivity contribution in [2.45, 2.75) is 56.8 Å². The summed E-state index contributed by atoms with van der Waals surface area (Å²) in [5.41, 5.74) is 0.585. The van der Waals surface area contributed by atoms with Crippen LogP contribution in [0.25, 0.3) is 0 Å². The molecule has 1 aromatic rings. The largest absolute Gasteiger partial charge is 0.296 e. The van der Waals surface area contributed by atoms with Gasteiger partial charge in [0, 0.05) is 6.42 Å². The quantitative estimate of drug-likeness (QED) is 0.669. The molecule has 2 amide bonds. The van der Waals surface area contributed by atoms with Gasteiger partial charge in [0.25, 0.3) is 0 Å². The van der Waals surface area contributed by atoms with Gasteiger partial charge < -0.3 is 0 Å². The highest BCUT2D eigenvalue weighted by molar-refractivity contribution is 6.03. The minimum absolute atomic E-state index is 0.0724. The van der Waals surface area contributed by atoms with Crippen LogP contribution in [0.5, 0.6) is 0 Å². The molecule has 0 radical (unpaired) electrons. The van der Waals surface area contributed by atoms with Gasteiger partial charge in [0.1, 0.15) is 0 Å². The number of rotatable bonds is 2. The summed E-state index contributed by atoms with van der Waals surface area (Å²) in [4.78, 5) is 24.4. The summed E-state index contributed by atoms with van der Waals surface area (Å²) >= 11 is 0. The van der Waals surface area contributed by atoms with E-state index >= 15 is 0 Å². The van der Waals surface area contributed by atoms with Crippen molar-refractivity contribution in [3.8, 4) is 0 Å². The Hall–Kier alpha value is -1.64. The van der Waals surface area contributed by atoms with E-state index in [0.717, 1.165) is 18.4 Å². The molecule has 3 rings (SSSR count). The molecule has 112 valence electrons. The predicted octanol–water partition coefficient (Wildman–Crippen LogP) is 3.33. The molecule has 1 unspecified atom stereocenters. The molecule has 1 aliphatic heterocycles. The van der Waals surface area contributed by atoms with Gasteiger partial charge in [-0.25, -0.2) is 0 Å². The molecule has 1 saturated carbocycles. The van der Waals surface area contributed by atoms with E-state index in [-0.39, 0.29) is 11.8 Å². The molecule has 1 saturated heterocycles. The van der Waals surface area contributed by atoms with Crippen LogP contribution >= 0.6 is 0 Å². The first-order valence-corrected chi connectivity index (χ1v) is 8.13. The Bertz CT molecular complexity index is 517.